The molecule has 1 atom stereocenters. The van der Waals surface area contributed by atoms with Gasteiger partial charge in [0.05, 0.1) is 16.6 Å². The number of hydrogen-bond acceptors (Lipinski definition) is 4. The molecule has 0 aliphatic heterocycles. The van der Waals surface area contributed by atoms with E-state index in [4.69, 9.17) is 11.6 Å². The molecule has 0 bridgehead atoms. The van der Waals surface area contributed by atoms with Crippen LogP contribution in [0.15, 0.2) is 35.4 Å². The Morgan fingerprint density at radius 1 is 1.27 bits per heavy atom. The summed E-state index contributed by atoms with van der Waals surface area (Å²) >= 11 is 5.82. The zero-order valence-corrected chi connectivity index (χ0v) is 15.2. The van der Waals surface area contributed by atoms with Crippen molar-refractivity contribution in [2.75, 3.05) is 0 Å². The topological polar surface area (TPSA) is 72.0 Å². The Morgan fingerprint density at radius 3 is 2.54 bits per heavy atom. The molecule has 10 heteroatoms. The number of halogens is 4. The second-order valence-corrected chi connectivity index (χ2v) is 8.16. The minimum atomic E-state index is -4.86. The van der Waals surface area contributed by atoms with Gasteiger partial charge in [0.25, 0.3) is 0 Å². The Balaban J connectivity index is 2.03. The van der Waals surface area contributed by atoms with E-state index in [-0.39, 0.29) is 11.7 Å². The van der Waals surface area contributed by atoms with Crippen LogP contribution in [0.25, 0.3) is 0 Å². The van der Waals surface area contributed by atoms with Gasteiger partial charge in [0.15, 0.2) is 0 Å². The van der Waals surface area contributed by atoms with Crippen molar-refractivity contribution in [3.8, 4) is 0 Å². The lowest BCUT2D eigenvalue weighted by Gasteiger charge is -2.20. The Bertz CT molecular complexity index is 931. The molecule has 2 aromatic rings. The maximum Gasteiger partial charge on any atom is 0.417 e. The number of hydrogen-bond donors (Lipinski definition) is 1. The van der Waals surface area contributed by atoms with E-state index in [0.29, 0.717) is 11.8 Å². The van der Waals surface area contributed by atoms with E-state index in [0.717, 1.165) is 25.0 Å². The van der Waals surface area contributed by atoms with Gasteiger partial charge in [-0.1, -0.05) is 17.7 Å². The van der Waals surface area contributed by atoms with Crippen molar-refractivity contribution >= 4 is 21.6 Å². The maximum absolute atomic E-state index is 13.3. The number of aryl methyl sites for hydroxylation is 1. The summed E-state index contributed by atoms with van der Waals surface area (Å²) in [5, 5.41) is -0.493. The lowest BCUT2D eigenvalue weighted by Crippen LogP contribution is -2.33. The van der Waals surface area contributed by atoms with Gasteiger partial charge in [0.1, 0.15) is 10.7 Å². The lowest BCUT2D eigenvalue weighted by atomic mass is 10.2. The average molecular weight is 406 g/mol. The first-order chi connectivity index (χ1) is 12.1. The van der Waals surface area contributed by atoms with Crippen molar-refractivity contribution in [1.82, 2.24) is 14.7 Å². The Morgan fingerprint density at radius 2 is 1.96 bits per heavy atom. The predicted octanol–water partition coefficient (Wildman–Crippen LogP) is 3.89. The van der Waals surface area contributed by atoms with Gasteiger partial charge < -0.3 is 0 Å². The van der Waals surface area contributed by atoms with Crippen LogP contribution in [0.5, 0.6) is 0 Å². The molecule has 1 aliphatic rings. The summed E-state index contributed by atoms with van der Waals surface area (Å²) in [6.07, 6.45) is -1.90. The largest absolute Gasteiger partial charge is 0.417 e. The van der Waals surface area contributed by atoms with Gasteiger partial charge >= 0.3 is 6.18 Å². The molecule has 1 aliphatic carbocycles. The summed E-state index contributed by atoms with van der Waals surface area (Å²) in [6, 6.07) is 3.71. The smallest absolute Gasteiger partial charge is 0.240 e. The fourth-order valence-corrected chi connectivity index (χ4v) is 4.67. The molecule has 0 amide bonds. The standard InChI is InChI=1S/C16H15ClF3N3O2S/c1-9-7-8-21-15(22-9)13(10-5-6-10)23-26(24,25)14-11(16(18,19)20)3-2-4-12(14)17/h2-4,7-8,10,13,23H,5-6H2,1H3. The molecule has 1 aromatic heterocycles. The third kappa shape index (κ3) is 3.99. The molecule has 1 unspecified atom stereocenters. The molecular formula is C16H15ClF3N3O2S. The molecule has 3 rings (SSSR count). The molecule has 0 saturated heterocycles. The first-order valence-electron chi connectivity index (χ1n) is 7.77. The van der Waals surface area contributed by atoms with Crippen molar-refractivity contribution in [3.05, 3.63) is 52.6 Å². The molecule has 26 heavy (non-hydrogen) atoms. The van der Waals surface area contributed by atoms with E-state index in [1.54, 1.807) is 13.0 Å². The quantitative estimate of drug-likeness (QED) is 0.819. The van der Waals surface area contributed by atoms with E-state index >= 15 is 0 Å². The van der Waals surface area contributed by atoms with Gasteiger partial charge in [-0.2, -0.15) is 13.2 Å². The van der Waals surface area contributed by atoms with Crippen molar-refractivity contribution in [2.24, 2.45) is 5.92 Å². The summed E-state index contributed by atoms with van der Waals surface area (Å²) in [6.45, 7) is 1.72. The predicted molar refractivity (Wildman–Crippen MR) is 89.0 cm³/mol. The first kappa shape index (κ1) is 19.1. The van der Waals surface area contributed by atoms with Gasteiger partial charge in [-0.3, -0.25) is 0 Å². The van der Waals surface area contributed by atoms with E-state index < -0.39 is 37.7 Å². The van der Waals surface area contributed by atoms with Crippen molar-refractivity contribution in [3.63, 3.8) is 0 Å². The highest BCUT2D eigenvalue weighted by Gasteiger charge is 2.42. The summed E-state index contributed by atoms with van der Waals surface area (Å²) in [4.78, 5) is 7.31. The minimum Gasteiger partial charge on any atom is -0.240 e. The monoisotopic (exact) mass is 405 g/mol. The zero-order chi connectivity index (χ0) is 19.1. The second kappa shape index (κ2) is 6.79. The second-order valence-electron chi connectivity index (χ2n) is 6.11. The van der Waals surface area contributed by atoms with E-state index in [2.05, 4.69) is 14.7 Å². The minimum absolute atomic E-state index is 0.0663. The average Bonchev–Trinajstić information content (AvgIpc) is 3.36. The van der Waals surface area contributed by atoms with Gasteiger partial charge in [-0.15, -0.1) is 0 Å². The summed E-state index contributed by atoms with van der Waals surface area (Å²) in [7, 11) is -4.55. The number of sulfonamides is 1. The molecule has 1 N–H and O–H groups in total. The van der Waals surface area contributed by atoms with E-state index in [1.165, 1.54) is 6.20 Å². The third-order valence-corrected chi connectivity index (χ3v) is 5.98. The fourth-order valence-electron chi connectivity index (χ4n) is 2.64. The van der Waals surface area contributed by atoms with E-state index in [1.807, 2.05) is 0 Å². The SMILES string of the molecule is Cc1ccnc(C(NS(=O)(=O)c2c(Cl)cccc2C(F)(F)F)C2CC2)n1. The first-order valence-corrected chi connectivity index (χ1v) is 9.63. The van der Waals surface area contributed by atoms with Crippen LogP contribution >= 0.6 is 11.6 Å². The van der Waals surface area contributed by atoms with Crippen LogP contribution in [0.3, 0.4) is 0 Å². The van der Waals surface area contributed by atoms with Gasteiger partial charge in [-0.05, 0) is 43.9 Å². The highest BCUT2D eigenvalue weighted by atomic mass is 35.5. The van der Waals surface area contributed by atoms with Crippen LogP contribution in [0.2, 0.25) is 5.02 Å². The van der Waals surface area contributed by atoms with Crippen LogP contribution in [-0.4, -0.2) is 18.4 Å². The third-order valence-electron chi connectivity index (χ3n) is 4.01. The normalized spacial score (nSPS) is 16.5. The highest BCUT2D eigenvalue weighted by molar-refractivity contribution is 7.89. The number of nitrogens with one attached hydrogen (secondary N) is 1. The van der Waals surface area contributed by atoms with E-state index in [9.17, 15) is 21.6 Å². The molecule has 0 spiro atoms. The molecule has 1 aromatic carbocycles. The number of alkyl halides is 3. The molecule has 0 radical (unpaired) electrons. The van der Waals surface area contributed by atoms with Crippen molar-refractivity contribution < 1.29 is 21.6 Å². The Hall–Kier alpha value is -1.71. The Labute approximate surface area is 153 Å². The van der Waals surface area contributed by atoms with Crippen LogP contribution in [0, 0.1) is 12.8 Å². The zero-order valence-electron chi connectivity index (χ0n) is 13.6. The number of nitrogens with zero attached hydrogens (tertiary/aromatic N) is 2. The molecule has 1 fully saturated rings. The lowest BCUT2D eigenvalue weighted by molar-refractivity contribution is -0.139. The van der Waals surface area contributed by atoms with Crippen LogP contribution in [0.4, 0.5) is 13.2 Å². The maximum atomic E-state index is 13.3. The van der Waals surface area contributed by atoms with Gasteiger partial charge in [-0.25, -0.2) is 23.1 Å². The molecule has 1 heterocycles. The van der Waals surface area contributed by atoms with Crippen LogP contribution in [0.1, 0.15) is 36.0 Å². The van der Waals surface area contributed by atoms with Gasteiger partial charge in [0, 0.05) is 11.9 Å². The summed E-state index contributed by atoms with van der Waals surface area (Å²) in [5.41, 5.74) is -0.675. The summed E-state index contributed by atoms with van der Waals surface area (Å²) in [5.74, 6) is 0.167. The number of rotatable bonds is 5. The molecular weight excluding hydrogens is 391 g/mol. The number of benzene rings is 1. The van der Waals surface area contributed by atoms with Gasteiger partial charge in [0.2, 0.25) is 10.0 Å². The van der Waals surface area contributed by atoms with Crippen LogP contribution < -0.4 is 4.72 Å². The van der Waals surface area contributed by atoms with Crippen molar-refractivity contribution in [2.45, 2.75) is 36.9 Å². The molecule has 5 nitrogen and oxygen atoms in total. The highest BCUT2D eigenvalue weighted by Crippen LogP contribution is 2.42. The summed E-state index contributed by atoms with van der Waals surface area (Å²) < 4.78 is 67.7. The van der Waals surface area contributed by atoms with Crippen molar-refractivity contribution in [1.29, 1.82) is 0 Å². The molecule has 1 saturated carbocycles. The molecule has 140 valence electrons. The number of aromatic nitrogens is 2. The van der Waals surface area contributed by atoms with Crippen LogP contribution in [-0.2, 0) is 16.2 Å². The fraction of sp³-hybridized carbons (Fsp3) is 0.375. The Kier molecular flexibility index (Phi) is 4.98.